The molecular weight excluding hydrogens is 260 g/mol. The Morgan fingerprint density at radius 1 is 0.714 bits per heavy atom. The third-order valence-electron chi connectivity index (χ3n) is 3.87. The Labute approximate surface area is 119 Å². The van der Waals surface area contributed by atoms with Crippen LogP contribution in [0.4, 0.5) is 0 Å². The van der Waals surface area contributed by atoms with E-state index in [-0.39, 0.29) is 0 Å². The lowest BCUT2D eigenvalue weighted by atomic mass is 10.1. The zero-order valence-corrected chi connectivity index (χ0v) is 11.1. The maximum absolute atomic E-state index is 4.79. The summed E-state index contributed by atoms with van der Waals surface area (Å²) in [4.78, 5) is 13.9. The Balaban J connectivity index is 2.25. The number of rotatable bonds is 0. The molecule has 3 heterocycles. The highest BCUT2D eigenvalue weighted by Crippen LogP contribution is 2.29. The molecule has 3 aromatic heterocycles. The molecule has 98 valence electrons. The molecule has 0 radical (unpaired) electrons. The summed E-state index contributed by atoms with van der Waals surface area (Å²) in [7, 11) is 0. The normalized spacial score (nSPS) is 11.8. The van der Waals surface area contributed by atoms with Crippen LogP contribution in [0, 0.1) is 0 Å². The molecule has 0 aliphatic rings. The van der Waals surface area contributed by atoms with Crippen molar-refractivity contribution in [1.29, 1.82) is 0 Å². The van der Waals surface area contributed by atoms with Crippen LogP contribution in [0.5, 0.6) is 0 Å². The summed E-state index contributed by atoms with van der Waals surface area (Å²) < 4.78 is 2.10. The van der Waals surface area contributed by atoms with E-state index in [9.17, 15) is 0 Å². The van der Waals surface area contributed by atoms with E-state index in [1.807, 2.05) is 30.3 Å². The molecule has 0 aliphatic carbocycles. The largest absolute Gasteiger partial charge is 0.274 e. The average Bonchev–Trinajstić information content (AvgIpc) is 2.95. The van der Waals surface area contributed by atoms with Gasteiger partial charge in [0.1, 0.15) is 11.2 Å². The molecule has 5 rings (SSSR count). The van der Waals surface area contributed by atoms with Crippen molar-refractivity contribution in [1.82, 2.24) is 19.4 Å². The maximum Gasteiger partial charge on any atom is 0.165 e. The Kier molecular flexibility index (Phi) is 1.92. The first-order valence-electron chi connectivity index (χ1n) is 6.82. The zero-order chi connectivity index (χ0) is 13.8. The van der Waals surface area contributed by atoms with E-state index < -0.39 is 0 Å². The smallest absolute Gasteiger partial charge is 0.165 e. The summed E-state index contributed by atoms with van der Waals surface area (Å²) in [6, 6.07) is 16.3. The van der Waals surface area contributed by atoms with Crippen molar-refractivity contribution in [3.05, 3.63) is 60.9 Å². The monoisotopic (exact) mass is 270 g/mol. The summed E-state index contributed by atoms with van der Waals surface area (Å²) >= 11 is 0. The predicted molar refractivity (Wildman–Crippen MR) is 83.3 cm³/mol. The first kappa shape index (κ1) is 10.7. The van der Waals surface area contributed by atoms with Crippen LogP contribution in [-0.2, 0) is 0 Å². The molecule has 4 nitrogen and oxygen atoms in total. The standard InChI is InChI=1S/C17H10N4/c1-2-6-12-11(5-1)15-17(19-10-9-18-15)21-14-8-4-3-7-13(14)20-16(12)21/h1-10H. The average molecular weight is 270 g/mol. The van der Waals surface area contributed by atoms with Gasteiger partial charge in [-0.05, 0) is 12.1 Å². The van der Waals surface area contributed by atoms with Crippen LogP contribution >= 0.6 is 0 Å². The van der Waals surface area contributed by atoms with Gasteiger partial charge in [0.25, 0.3) is 0 Å². The van der Waals surface area contributed by atoms with Crippen LogP contribution in [0.3, 0.4) is 0 Å². The van der Waals surface area contributed by atoms with Crippen LogP contribution < -0.4 is 0 Å². The zero-order valence-electron chi connectivity index (χ0n) is 11.1. The molecule has 0 bridgehead atoms. The minimum Gasteiger partial charge on any atom is -0.274 e. The predicted octanol–water partition coefficient (Wildman–Crippen LogP) is 3.58. The number of aromatic nitrogens is 4. The Morgan fingerprint density at radius 2 is 1.48 bits per heavy atom. The van der Waals surface area contributed by atoms with E-state index in [1.165, 1.54) is 0 Å². The summed E-state index contributed by atoms with van der Waals surface area (Å²) in [5.74, 6) is 0. The van der Waals surface area contributed by atoms with Gasteiger partial charge in [0.05, 0.1) is 11.0 Å². The van der Waals surface area contributed by atoms with E-state index in [0.717, 1.165) is 38.6 Å². The van der Waals surface area contributed by atoms with E-state index in [0.29, 0.717) is 0 Å². The molecule has 2 aromatic carbocycles. The molecule has 21 heavy (non-hydrogen) atoms. The third kappa shape index (κ3) is 1.31. The topological polar surface area (TPSA) is 43.1 Å². The molecular formula is C17H10N4. The summed E-state index contributed by atoms with van der Waals surface area (Å²) in [6.07, 6.45) is 3.46. The fourth-order valence-electron chi connectivity index (χ4n) is 2.99. The van der Waals surface area contributed by atoms with E-state index in [4.69, 9.17) is 4.98 Å². The number of benzene rings is 2. The van der Waals surface area contributed by atoms with Crippen LogP contribution in [0.15, 0.2) is 60.9 Å². The summed E-state index contributed by atoms with van der Waals surface area (Å²) in [6.45, 7) is 0. The molecule has 4 heteroatoms. The van der Waals surface area contributed by atoms with Gasteiger partial charge in [-0.2, -0.15) is 0 Å². The van der Waals surface area contributed by atoms with Crippen LogP contribution in [0.25, 0.3) is 38.6 Å². The van der Waals surface area contributed by atoms with Crippen molar-refractivity contribution in [2.45, 2.75) is 0 Å². The van der Waals surface area contributed by atoms with Crippen molar-refractivity contribution in [2.75, 3.05) is 0 Å². The SMILES string of the molecule is c1ccc2c(c1)nc1c3ccccc3c3nccnc3n21. The molecule has 0 N–H and O–H groups in total. The minimum absolute atomic E-state index is 0.847. The Hall–Kier alpha value is -3.01. The van der Waals surface area contributed by atoms with Crippen molar-refractivity contribution in [2.24, 2.45) is 0 Å². The minimum atomic E-state index is 0.847. The third-order valence-corrected chi connectivity index (χ3v) is 3.87. The van der Waals surface area contributed by atoms with Gasteiger partial charge in [-0.3, -0.25) is 9.38 Å². The quantitative estimate of drug-likeness (QED) is 0.404. The molecule has 5 aromatic rings. The molecule has 0 atom stereocenters. The fraction of sp³-hybridized carbons (Fsp3) is 0. The van der Waals surface area contributed by atoms with Crippen molar-refractivity contribution in [3.8, 4) is 0 Å². The number of pyridine rings is 1. The van der Waals surface area contributed by atoms with Gasteiger partial charge < -0.3 is 0 Å². The fourth-order valence-corrected chi connectivity index (χ4v) is 2.99. The molecule has 0 saturated heterocycles. The van der Waals surface area contributed by atoms with Crippen molar-refractivity contribution >= 4 is 38.6 Å². The highest BCUT2D eigenvalue weighted by Gasteiger charge is 2.13. The second-order valence-corrected chi connectivity index (χ2v) is 5.03. The Bertz CT molecular complexity index is 1140. The molecule has 0 unspecified atom stereocenters. The number of hydrogen-bond donors (Lipinski definition) is 0. The van der Waals surface area contributed by atoms with Crippen molar-refractivity contribution < 1.29 is 0 Å². The number of para-hydroxylation sites is 2. The van der Waals surface area contributed by atoms with Gasteiger partial charge in [0, 0.05) is 23.2 Å². The van der Waals surface area contributed by atoms with E-state index in [2.05, 4.69) is 32.6 Å². The van der Waals surface area contributed by atoms with Crippen molar-refractivity contribution in [3.63, 3.8) is 0 Å². The Morgan fingerprint density at radius 3 is 2.43 bits per heavy atom. The highest BCUT2D eigenvalue weighted by molar-refractivity contribution is 6.11. The summed E-state index contributed by atoms with van der Waals surface area (Å²) in [5, 5.41) is 2.19. The van der Waals surface area contributed by atoms with Gasteiger partial charge in [-0.15, -0.1) is 0 Å². The molecule has 0 spiro atoms. The lowest BCUT2D eigenvalue weighted by Crippen LogP contribution is -1.95. The number of nitrogens with zero attached hydrogens (tertiary/aromatic N) is 4. The van der Waals surface area contributed by atoms with E-state index in [1.54, 1.807) is 12.4 Å². The first-order chi connectivity index (χ1) is 10.4. The van der Waals surface area contributed by atoms with Gasteiger partial charge >= 0.3 is 0 Å². The van der Waals surface area contributed by atoms with Gasteiger partial charge in [-0.1, -0.05) is 36.4 Å². The van der Waals surface area contributed by atoms with Gasteiger partial charge in [0.15, 0.2) is 5.65 Å². The lowest BCUT2D eigenvalue weighted by Gasteiger charge is -2.06. The van der Waals surface area contributed by atoms with Gasteiger partial charge in [-0.25, -0.2) is 9.97 Å². The van der Waals surface area contributed by atoms with Crippen LogP contribution in [0.1, 0.15) is 0 Å². The second-order valence-electron chi connectivity index (χ2n) is 5.03. The number of imidazole rings is 1. The molecule has 0 saturated carbocycles. The molecule has 0 fully saturated rings. The van der Waals surface area contributed by atoms with E-state index >= 15 is 0 Å². The lowest BCUT2D eigenvalue weighted by molar-refractivity contribution is 1.19. The first-order valence-corrected chi connectivity index (χ1v) is 6.82. The molecule has 0 amide bonds. The van der Waals surface area contributed by atoms with Crippen LogP contribution in [0.2, 0.25) is 0 Å². The maximum atomic E-state index is 4.79. The number of fused-ring (bicyclic) bond motifs is 8. The molecule has 0 aliphatic heterocycles. The van der Waals surface area contributed by atoms with Crippen LogP contribution in [-0.4, -0.2) is 19.4 Å². The number of hydrogen-bond acceptors (Lipinski definition) is 3. The van der Waals surface area contributed by atoms with Gasteiger partial charge in [0.2, 0.25) is 0 Å². The second kappa shape index (κ2) is 3.76. The summed E-state index contributed by atoms with van der Waals surface area (Å²) in [5.41, 5.74) is 4.72. The highest BCUT2D eigenvalue weighted by atomic mass is 15.1.